The van der Waals surface area contributed by atoms with Crippen molar-refractivity contribution in [2.75, 3.05) is 7.05 Å². The van der Waals surface area contributed by atoms with Gasteiger partial charge in [0.1, 0.15) is 17.4 Å². The summed E-state index contributed by atoms with van der Waals surface area (Å²) in [5.74, 6) is 0.493. The fourth-order valence-electron chi connectivity index (χ4n) is 1.33. The Morgan fingerprint density at radius 3 is 2.80 bits per heavy atom. The summed E-state index contributed by atoms with van der Waals surface area (Å²) >= 11 is 0. The highest BCUT2D eigenvalue weighted by atomic mass is 19.1. The molecule has 1 aliphatic rings. The Kier molecular flexibility index (Phi) is 2.07. The van der Waals surface area contributed by atoms with Crippen LogP contribution in [0, 0.1) is 5.82 Å². The summed E-state index contributed by atoms with van der Waals surface area (Å²) in [5.41, 5.74) is 3.14. The third kappa shape index (κ3) is 1.52. The minimum atomic E-state index is -0.482. The highest BCUT2D eigenvalue weighted by Gasteiger charge is 2.20. The third-order valence-electron chi connectivity index (χ3n) is 2.21. The first-order valence-corrected chi connectivity index (χ1v) is 4.35. The molecule has 1 heterocycles. The molecule has 2 N–H and O–H groups in total. The standard InChI is InChI=1S/C10H10FN3O/c1-6-12-13-10(14(6)2)8-4-3-7(11)5-9(8)15/h3-5,12,15H,1H2,2H3. The molecule has 0 amide bonds. The van der Waals surface area contributed by atoms with E-state index >= 15 is 0 Å². The highest BCUT2D eigenvalue weighted by molar-refractivity contribution is 6.02. The number of halogens is 1. The molecule has 0 spiro atoms. The number of hydrogen-bond acceptors (Lipinski definition) is 4. The van der Waals surface area contributed by atoms with E-state index in [0.717, 1.165) is 6.07 Å². The molecular weight excluding hydrogens is 197 g/mol. The van der Waals surface area contributed by atoms with E-state index in [-0.39, 0.29) is 5.75 Å². The Hall–Kier alpha value is -2.04. The first-order valence-electron chi connectivity index (χ1n) is 4.35. The Bertz CT molecular complexity index is 456. The molecule has 0 saturated heterocycles. The van der Waals surface area contributed by atoms with Crippen molar-refractivity contribution in [1.29, 1.82) is 0 Å². The number of benzene rings is 1. The molecule has 78 valence electrons. The van der Waals surface area contributed by atoms with Crippen molar-refractivity contribution in [3.63, 3.8) is 0 Å². The third-order valence-corrected chi connectivity index (χ3v) is 2.21. The molecule has 0 bridgehead atoms. The predicted octanol–water partition coefficient (Wildman–Crippen LogP) is 1.20. The lowest BCUT2D eigenvalue weighted by atomic mass is 10.1. The van der Waals surface area contributed by atoms with Crippen LogP contribution in [0.3, 0.4) is 0 Å². The van der Waals surface area contributed by atoms with E-state index in [1.165, 1.54) is 12.1 Å². The lowest BCUT2D eigenvalue weighted by Gasteiger charge is -2.14. The van der Waals surface area contributed by atoms with Crippen molar-refractivity contribution < 1.29 is 9.50 Å². The number of phenols is 1. The summed E-state index contributed by atoms with van der Waals surface area (Å²) < 4.78 is 12.8. The number of nitrogens with one attached hydrogen (secondary N) is 1. The van der Waals surface area contributed by atoms with E-state index in [2.05, 4.69) is 17.1 Å². The molecule has 1 aliphatic heterocycles. The van der Waals surface area contributed by atoms with E-state index in [9.17, 15) is 9.50 Å². The largest absolute Gasteiger partial charge is 0.507 e. The molecule has 0 radical (unpaired) electrons. The first-order chi connectivity index (χ1) is 7.09. The molecule has 5 heteroatoms. The average Bonchev–Trinajstić information content (AvgIpc) is 2.49. The number of amidine groups is 1. The summed E-state index contributed by atoms with van der Waals surface area (Å²) in [6, 6.07) is 3.79. The van der Waals surface area contributed by atoms with Crippen LogP contribution in [0.2, 0.25) is 0 Å². The van der Waals surface area contributed by atoms with Gasteiger partial charge in [0, 0.05) is 13.1 Å². The molecule has 2 rings (SSSR count). The number of aromatic hydroxyl groups is 1. The maximum absolute atomic E-state index is 12.8. The van der Waals surface area contributed by atoms with Gasteiger partial charge in [-0.05, 0) is 12.1 Å². The molecular formula is C10H10FN3O. The van der Waals surface area contributed by atoms with Crippen molar-refractivity contribution in [3.8, 4) is 5.75 Å². The summed E-state index contributed by atoms with van der Waals surface area (Å²) in [6.45, 7) is 3.70. The zero-order valence-electron chi connectivity index (χ0n) is 8.16. The number of phenolic OH excluding ortho intramolecular Hbond substituents is 1. The van der Waals surface area contributed by atoms with Crippen molar-refractivity contribution >= 4 is 5.84 Å². The smallest absolute Gasteiger partial charge is 0.165 e. The Morgan fingerprint density at radius 1 is 1.53 bits per heavy atom. The van der Waals surface area contributed by atoms with Gasteiger partial charge in [0.25, 0.3) is 0 Å². The summed E-state index contributed by atoms with van der Waals surface area (Å²) in [5, 5.41) is 13.5. The fraction of sp³-hybridized carbons (Fsp3) is 0.100. The van der Waals surface area contributed by atoms with Crippen LogP contribution in [0.4, 0.5) is 4.39 Å². The molecule has 0 aliphatic carbocycles. The van der Waals surface area contributed by atoms with E-state index in [1.54, 1.807) is 11.9 Å². The zero-order chi connectivity index (χ0) is 11.0. The second kappa shape index (κ2) is 3.27. The summed E-state index contributed by atoms with van der Waals surface area (Å²) in [7, 11) is 1.75. The molecule has 15 heavy (non-hydrogen) atoms. The topological polar surface area (TPSA) is 47.9 Å². The second-order valence-electron chi connectivity index (χ2n) is 3.21. The second-order valence-corrected chi connectivity index (χ2v) is 3.21. The summed E-state index contributed by atoms with van der Waals surface area (Å²) in [6.07, 6.45) is 0. The monoisotopic (exact) mass is 207 g/mol. The van der Waals surface area contributed by atoms with Crippen LogP contribution < -0.4 is 5.43 Å². The molecule has 4 nitrogen and oxygen atoms in total. The van der Waals surface area contributed by atoms with Crippen molar-refractivity contribution in [2.24, 2.45) is 5.10 Å². The average molecular weight is 207 g/mol. The number of nitrogens with zero attached hydrogens (tertiary/aromatic N) is 2. The number of hydrogen-bond donors (Lipinski definition) is 2. The maximum Gasteiger partial charge on any atom is 0.165 e. The molecule has 0 unspecified atom stereocenters. The molecule has 0 saturated carbocycles. The van der Waals surface area contributed by atoms with Crippen LogP contribution in [0.1, 0.15) is 5.56 Å². The molecule has 0 fully saturated rings. The fourth-order valence-corrected chi connectivity index (χ4v) is 1.33. The number of hydrazone groups is 1. The van der Waals surface area contributed by atoms with Crippen LogP contribution in [0.15, 0.2) is 35.7 Å². The Morgan fingerprint density at radius 2 is 2.27 bits per heavy atom. The van der Waals surface area contributed by atoms with Crippen LogP contribution in [-0.2, 0) is 0 Å². The van der Waals surface area contributed by atoms with Gasteiger partial charge in [0.2, 0.25) is 0 Å². The minimum Gasteiger partial charge on any atom is -0.507 e. The number of rotatable bonds is 1. The van der Waals surface area contributed by atoms with Gasteiger partial charge in [-0.1, -0.05) is 6.58 Å². The first kappa shape index (κ1) is 9.51. The van der Waals surface area contributed by atoms with Crippen LogP contribution in [0.25, 0.3) is 0 Å². The van der Waals surface area contributed by atoms with Crippen molar-refractivity contribution in [3.05, 3.63) is 42.0 Å². The minimum absolute atomic E-state index is 0.142. The van der Waals surface area contributed by atoms with Crippen molar-refractivity contribution in [2.45, 2.75) is 0 Å². The SMILES string of the molecule is C=C1NN=C(c2ccc(F)cc2O)N1C. The lowest BCUT2D eigenvalue weighted by molar-refractivity contribution is 0.466. The maximum atomic E-state index is 12.8. The van der Waals surface area contributed by atoms with Gasteiger partial charge >= 0.3 is 0 Å². The van der Waals surface area contributed by atoms with Gasteiger partial charge in [0.05, 0.1) is 5.56 Å². The van der Waals surface area contributed by atoms with Crippen molar-refractivity contribution in [1.82, 2.24) is 10.3 Å². The van der Waals surface area contributed by atoms with Crippen LogP contribution >= 0.6 is 0 Å². The van der Waals surface area contributed by atoms with Gasteiger partial charge in [0.15, 0.2) is 5.84 Å². The van der Waals surface area contributed by atoms with Gasteiger partial charge in [-0.2, -0.15) is 5.10 Å². The van der Waals surface area contributed by atoms with Gasteiger partial charge in [-0.15, -0.1) is 0 Å². The molecule has 1 aromatic carbocycles. The molecule has 0 aromatic heterocycles. The van der Waals surface area contributed by atoms with Gasteiger partial charge in [-0.3, -0.25) is 5.43 Å². The van der Waals surface area contributed by atoms with Crippen LogP contribution in [0.5, 0.6) is 5.75 Å². The van der Waals surface area contributed by atoms with Crippen LogP contribution in [-0.4, -0.2) is 22.9 Å². The highest BCUT2D eigenvalue weighted by Crippen LogP contribution is 2.22. The Labute approximate surface area is 86.3 Å². The lowest BCUT2D eigenvalue weighted by Crippen LogP contribution is -2.22. The van der Waals surface area contributed by atoms with Gasteiger partial charge < -0.3 is 10.0 Å². The predicted molar refractivity (Wildman–Crippen MR) is 54.6 cm³/mol. The molecule has 0 atom stereocenters. The normalized spacial score (nSPS) is 15.2. The molecule has 1 aromatic rings. The van der Waals surface area contributed by atoms with E-state index in [1.807, 2.05) is 0 Å². The van der Waals surface area contributed by atoms with Gasteiger partial charge in [-0.25, -0.2) is 4.39 Å². The zero-order valence-corrected chi connectivity index (χ0v) is 8.16. The van der Waals surface area contributed by atoms with E-state index < -0.39 is 5.82 Å². The van der Waals surface area contributed by atoms with E-state index in [4.69, 9.17) is 0 Å². The summed E-state index contributed by atoms with van der Waals surface area (Å²) in [4.78, 5) is 1.67. The Balaban J connectivity index is 2.43. The quantitative estimate of drug-likeness (QED) is 0.727. The van der Waals surface area contributed by atoms with E-state index in [0.29, 0.717) is 17.2 Å².